The summed E-state index contributed by atoms with van der Waals surface area (Å²) in [6, 6.07) is 0. The van der Waals surface area contributed by atoms with E-state index in [1.54, 1.807) is 0 Å². The predicted molar refractivity (Wildman–Crippen MR) is 335 cm³/mol. The lowest BCUT2D eigenvalue weighted by Gasteiger charge is -2.21. The van der Waals surface area contributed by atoms with Crippen molar-refractivity contribution in [1.29, 1.82) is 0 Å². The molecule has 0 amide bonds. The summed E-state index contributed by atoms with van der Waals surface area (Å²) in [6.45, 7) is 14.0. The quantitative estimate of drug-likeness (QED) is 0.0222. The Morgan fingerprint density at radius 3 is 0.845 bits per heavy atom. The average Bonchev–Trinajstić information content (AvgIpc) is 3.49. The molecule has 84 heavy (non-hydrogen) atoms. The van der Waals surface area contributed by atoms with Gasteiger partial charge in [-0.05, 0) is 49.4 Å². The number of esters is 4. The maximum atomic E-state index is 13.0. The highest BCUT2D eigenvalue weighted by atomic mass is 31.2. The second-order valence-electron chi connectivity index (χ2n) is 25.2. The van der Waals surface area contributed by atoms with E-state index in [2.05, 4.69) is 55.4 Å². The van der Waals surface area contributed by atoms with Crippen molar-refractivity contribution >= 4 is 39.5 Å². The number of unbranched alkanes of at least 4 members (excludes halogenated alkanes) is 27. The van der Waals surface area contributed by atoms with Crippen molar-refractivity contribution in [3.63, 3.8) is 0 Å². The summed E-state index contributed by atoms with van der Waals surface area (Å²) < 4.78 is 68.0. The van der Waals surface area contributed by atoms with Crippen LogP contribution in [-0.2, 0) is 65.4 Å². The van der Waals surface area contributed by atoms with Gasteiger partial charge in [0.05, 0.1) is 26.4 Å². The predicted octanol–water partition coefficient (Wildman–Crippen LogP) is 17.8. The summed E-state index contributed by atoms with van der Waals surface area (Å²) >= 11 is 0. The lowest BCUT2D eigenvalue weighted by molar-refractivity contribution is -0.161. The SMILES string of the molecule is CCC(C)CCCCCCCCC(=O)OC[C@H](COP(=O)(O)OCC(O)COP(=O)(O)OC[C@@H](COC(=O)CCCCCCCCCCC(C)C)OC(=O)CCCCCCCCCCC(C)C)OC(=O)CCCCCCCCCCCC(C)C. The molecule has 0 aliphatic heterocycles. The van der Waals surface area contributed by atoms with Crippen LogP contribution in [-0.4, -0.2) is 96.7 Å². The van der Waals surface area contributed by atoms with E-state index in [0.29, 0.717) is 25.7 Å². The van der Waals surface area contributed by atoms with Crippen LogP contribution in [0.4, 0.5) is 0 Å². The minimum absolute atomic E-state index is 0.103. The monoisotopic (exact) mass is 1240 g/mol. The van der Waals surface area contributed by atoms with Crippen LogP contribution in [0.25, 0.3) is 0 Å². The van der Waals surface area contributed by atoms with Gasteiger partial charge in [0.25, 0.3) is 0 Å². The molecule has 0 bridgehead atoms. The number of hydrogen-bond acceptors (Lipinski definition) is 15. The third-order valence-corrected chi connectivity index (χ3v) is 17.1. The highest BCUT2D eigenvalue weighted by molar-refractivity contribution is 7.47. The van der Waals surface area contributed by atoms with Gasteiger partial charge >= 0.3 is 39.5 Å². The second kappa shape index (κ2) is 55.2. The largest absolute Gasteiger partial charge is 0.472 e. The molecular weight excluding hydrogens is 1110 g/mol. The van der Waals surface area contributed by atoms with Crippen LogP contribution in [0, 0.1) is 23.7 Å². The lowest BCUT2D eigenvalue weighted by atomic mass is 10.00. The Morgan fingerprint density at radius 2 is 0.571 bits per heavy atom. The van der Waals surface area contributed by atoms with Crippen molar-refractivity contribution in [1.82, 2.24) is 0 Å². The lowest BCUT2D eigenvalue weighted by Crippen LogP contribution is -2.30. The molecule has 4 unspecified atom stereocenters. The number of phosphoric ester groups is 2. The molecule has 0 aliphatic carbocycles. The van der Waals surface area contributed by atoms with Crippen LogP contribution in [0.2, 0.25) is 0 Å². The number of hydrogen-bond donors (Lipinski definition) is 3. The van der Waals surface area contributed by atoms with Crippen LogP contribution in [0.1, 0.15) is 312 Å². The fourth-order valence-electron chi connectivity index (χ4n) is 9.57. The van der Waals surface area contributed by atoms with E-state index in [9.17, 15) is 43.2 Å². The minimum Gasteiger partial charge on any atom is -0.462 e. The first kappa shape index (κ1) is 82.1. The highest BCUT2D eigenvalue weighted by Gasteiger charge is 2.30. The fourth-order valence-corrected chi connectivity index (χ4v) is 11.2. The van der Waals surface area contributed by atoms with Crippen molar-refractivity contribution in [2.75, 3.05) is 39.6 Å². The first-order chi connectivity index (χ1) is 40.1. The van der Waals surface area contributed by atoms with Gasteiger partial charge in [0.1, 0.15) is 19.3 Å². The van der Waals surface area contributed by atoms with Gasteiger partial charge in [-0.2, -0.15) is 0 Å². The van der Waals surface area contributed by atoms with Crippen molar-refractivity contribution in [3.05, 3.63) is 0 Å². The zero-order valence-electron chi connectivity index (χ0n) is 54.5. The molecule has 0 rings (SSSR count). The number of ether oxygens (including phenoxy) is 4. The molecule has 0 aromatic heterocycles. The van der Waals surface area contributed by atoms with Gasteiger partial charge < -0.3 is 33.8 Å². The van der Waals surface area contributed by atoms with E-state index < -0.39 is 97.5 Å². The molecule has 0 saturated heterocycles. The normalized spacial score (nSPS) is 14.7. The molecule has 17 nitrogen and oxygen atoms in total. The van der Waals surface area contributed by atoms with Gasteiger partial charge in [-0.1, -0.05) is 261 Å². The maximum absolute atomic E-state index is 13.0. The summed E-state index contributed by atoms with van der Waals surface area (Å²) in [7, 11) is -9.89. The molecule has 0 spiro atoms. The van der Waals surface area contributed by atoms with Gasteiger partial charge in [-0.25, -0.2) is 9.13 Å². The smallest absolute Gasteiger partial charge is 0.462 e. The number of phosphoric acid groups is 2. The Kier molecular flexibility index (Phi) is 53.9. The molecule has 0 fully saturated rings. The third kappa shape index (κ3) is 57.8. The molecule has 6 atom stereocenters. The zero-order chi connectivity index (χ0) is 62.5. The van der Waals surface area contributed by atoms with E-state index >= 15 is 0 Å². The Hall–Kier alpha value is -1.94. The van der Waals surface area contributed by atoms with E-state index in [1.165, 1.54) is 109 Å². The fraction of sp³-hybridized carbons (Fsp3) is 0.938. The first-order valence-electron chi connectivity index (χ1n) is 33.7. The molecule has 0 radical (unpaired) electrons. The number of carbonyl (C=O) groups excluding carboxylic acids is 4. The van der Waals surface area contributed by atoms with Gasteiger partial charge in [-0.15, -0.1) is 0 Å². The molecule has 3 N–H and O–H groups in total. The highest BCUT2D eigenvalue weighted by Crippen LogP contribution is 2.45. The summed E-state index contributed by atoms with van der Waals surface area (Å²) in [4.78, 5) is 72.3. The maximum Gasteiger partial charge on any atom is 0.472 e. The van der Waals surface area contributed by atoms with Gasteiger partial charge in [0.2, 0.25) is 0 Å². The Balaban J connectivity index is 5.27. The van der Waals surface area contributed by atoms with Crippen LogP contribution in [0.3, 0.4) is 0 Å². The molecule has 0 aliphatic rings. The van der Waals surface area contributed by atoms with Crippen molar-refractivity contribution in [3.8, 4) is 0 Å². The van der Waals surface area contributed by atoms with Gasteiger partial charge in [-0.3, -0.25) is 37.3 Å². The number of aliphatic hydroxyl groups excluding tert-OH is 1. The van der Waals surface area contributed by atoms with Crippen LogP contribution in [0.5, 0.6) is 0 Å². The van der Waals surface area contributed by atoms with Crippen molar-refractivity contribution in [2.24, 2.45) is 23.7 Å². The Labute approximate surface area is 511 Å². The van der Waals surface area contributed by atoms with Gasteiger partial charge in [0, 0.05) is 25.7 Å². The molecule has 498 valence electrons. The van der Waals surface area contributed by atoms with Crippen molar-refractivity contribution in [2.45, 2.75) is 331 Å². The topological polar surface area (TPSA) is 237 Å². The van der Waals surface area contributed by atoms with Crippen molar-refractivity contribution < 1.29 is 80.2 Å². The van der Waals surface area contributed by atoms with E-state index in [0.717, 1.165) is 120 Å². The van der Waals surface area contributed by atoms with Crippen LogP contribution in [0.15, 0.2) is 0 Å². The third-order valence-electron chi connectivity index (χ3n) is 15.2. The molecule has 0 aromatic carbocycles. The molecule has 0 saturated carbocycles. The number of rotatable bonds is 62. The summed E-state index contributed by atoms with van der Waals surface area (Å²) in [5.41, 5.74) is 0. The van der Waals surface area contributed by atoms with Crippen LogP contribution < -0.4 is 0 Å². The number of aliphatic hydroxyl groups is 1. The number of carbonyl (C=O) groups is 4. The molecule has 0 aromatic rings. The first-order valence-corrected chi connectivity index (χ1v) is 36.7. The molecule has 0 heterocycles. The molecular formula is C65H126O17P2. The van der Waals surface area contributed by atoms with E-state index in [4.69, 9.17) is 37.0 Å². The summed E-state index contributed by atoms with van der Waals surface area (Å²) in [6.07, 6.45) is 34.9. The summed E-state index contributed by atoms with van der Waals surface area (Å²) in [5, 5.41) is 10.5. The Morgan fingerprint density at radius 1 is 0.333 bits per heavy atom. The zero-order valence-corrected chi connectivity index (χ0v) is 56.3. The van der Waals surface area contributed by atoms with Gasteiger partial charge in [0.15, 0.2) is 12.2 Å². The van der Waals surface area contributed by atoms with E-state index in [-0.39, 0.29) is 25.7 Å². The standard InChI is InChI=1S/C65H126O17P2/c1-9-58(8)44-36-28-23-24-30-38-46-63(68)76-52-61(81-64(69)47-39-31-21-12-10-11-17-25-33-41-55(2)3)54-80-84(73,74)78-50-59(66)49-77-83(71,72)79-53-60(82-65(70)48-40-32-22-16-14-19-27-35-43-57(6)7)51-75-62(67)45-37-29-20-15-13-18-26-34-42-56(4)5/h55-61,66H,9-54H2,1-8H3,(H,71,72)(H,73,74)/t58?,59?,60-,61-/m1/s1. The average molecular weight is 1240 g/mol. The van der Waals surface area contributed by atoms with E-state index in [1.807, 2.05) is 0 Å². The summed E-state index contributed by atoms with van der Waals surface area (Å²) in [5.74, 6) is 0.772. The minimum atomic E-state index is -4.95. The second-order valence-corrected chi connectivity index (χ2v) is 28.1. The van der Waals surface area contributed by atoms with Crippen LogP contribution >= 0.6 is 15.6 Å². The molecule has 19 heteroatoms. The Bertz CT molecular complexity index is 1680.